The molecule has 1 aliphatic rings. The molecule has 3 rings (SSSR count). The maximum Gasteiger partial charge on any atom is 0.243 e. The number of fused-ring (bicyclic) bond motifs is 1. The average molecular weight is 390 g/mol. The summed E-state index contributed by atoms with van der Waals surface area (Å²) in [4.78, 5) is 12.3. The Kier molecular flexibility index (Phi) is 5.67. The van der Waals surface area contributed by atoms with Gasteiger partial charge in [-0.15, -0.1) is 0 Å². The van der Waals surface area contributed by atoms with E-state index in [-0.39, 0.29) is 11.4 Å². The van der Waals surface area contributed by atoms with Crippen LogP contribution < -0.4 is 14.8 Å². The Morgan fingerprint density at radius 3 is 2.56 bits per heavy atom. The molecule has 0 aromatic heterocycles. The third-order valence-corrected chi connectivity index (χ3v) is 6.01. The van der Waals surface area contributed by atoms with Crippen LogP contribution in [0.1, 0.15) is 12.0 Å². The lowest BCUT2D eigenvalue weighted by Gasteiger charge is -2.18. The van der Waals surface area contributed by atoms with Gasteiger partial charge in [0.1, 0.15) is 0 Å². The van der Waals surface area contributed by atoms with Crippen LogP contribution in [0.25, 0.3) is 0 Å². The number of amides is 1. The molecule has 1 amide bonds. The molecule has 7 nitrogen and oxygen atoms in total. The van der Waals surface area contributed by atoms with Crippen LogP contribution in [0.2, 0.25) is 0 Å². The number of aryl methyl sites for hydroxylation is 1. The van der Waals surface area contributed by atoms with E-state index in [2.05, 4.69) is 5.32 Å². The lowest BCUT2D eigenvalue weighted by molar-refractivity contribution is -0.116. The molecule has 2 aromatic rings. The van der Waals surface area contributed by atoms with Crippen LogP contribution in [0, 0.1) is 6.92 Å². The van der Waals surface area contributed by atoms with E-state index < -0.39 is 15.9 Å². The summed E-state index contributed by atoms with van der Waals surface area (Å²) >= 11 is 0. The van der Waals surface area contributed by atoms with Crippen molar-refractivity contribution in [2.75, 3.05) is 32.1 Å². The minimum atomic E-state index is -3.84. The van der Waals surface area contributed by atoms with Crippen LogP contribution in [0.15, 0.2) is 47.4 Å². The third-order valence-electron chi connectivity index (χ3n) is 4.21. The van der Waals surface area contributed by atoms with E-state index in [1.54, 1.807) is 18.2 Å². The first-order chi connectivity index (χ1) is 12.9. The monoisotopic (exact) mass is 390 g/mol. The summed E-state index contributed by atoms with van der Waals surface area (Å²) in [5.41, 5.74) is 1.56. The summed E-state index contributed by atoms with van der Waals surface area (Å²) in [7, 11) is -2.47. The van der Waals surface area contributed by atoms with Gasteiger partial charge in [0.25, 0.3) is 0 Å². The number of carbonyl (C=O) groups is 1. The fourth-order valence-corrected chi connectivity index (χ4v) is 3.82. The number of nitrogens with one attached hydrogen (secondary N) is 1. The highest BCUT2D eigenvalue weighted by Crippen LogP contribution is 2.32. The molecule has 1 heterocycles. The molecule has 0 unspecified atom stereocenters. The van der Waals surface area contributed by atoms with Crippen molar-refractivity contribution in [3.05, 3.63) is 48.0 Å². The third kappa shape index (κ3) is 4.40. The van der Waals surface area contributed by atoms with Gasteiger partial charge in [0, 0.05) is 25.2 Å². The number of rotatable bonds is 5. The van der Waals surface area contributed by atoms with Gasteiger partial charge in [-0.2, -0.15) is 4.31 Å². The highest BCUT2D eigenvalue weighted by Gasteiger charge is 2.25. The first-order valence-electron chi connectivity index (χ1n) is 8.59. The summed E-state index contributed by atoms with van der Waals surface area (Å²) in [6.07, 6.45) is 0.732. The molecule has 8 heteroatoms. The molecule has 144 valence electrons. The summed E-state index contributed by atoms with van der Waals surface area (Å²) in [6, 6.07) is 11.8. The van der Waals surface area contributed by atoms with Crippen molar-refractivity contribution in [2.24, 2.45) is 0 Å². The van der Waals surface area contributed by atoms with Gasteiger partial charge in [0.2, 0.25) is 15.9 Å². The molecule has 0 saturated heterocycles. The number of ether oxygens (including phenoxy) is 2. The van der Waals surface area contributed by atoms with Crippen LogP contribution in [-0.2, 0) is 14.8 Å². The Bertz CT molecular complexity index is 943. The summed E-state index contributed by atoms with van der Waals surface area (Å²) in [5.74, 6) is 0.502. The predicted octanol–water partition coefficient (Wildman–Crippen LogP) is 2.42. The fourth-order valence-electron chi connectivity index (χ4n) is 2.67. The fraction of sp³-hybridized carbons (Fsp3) is 0.316. The van der Waals surface area contributed by atoms with Gasteiger partial charge < -0.3 is 14.8 Å². The second kappa shape index (κ2) is 7.98. The molecule has 0 saturated carbocycles. The van der Waals surface area contributed by atoms with Crippen LogP contribution in [-0.4, -0.2) is 45.4 Å². The number of carbonyl (C=O) groups excluding carboxylic acids is 1. The van der Waals surface area contributed by atoms with E-state index in [1.807, 2.05) is 19.1 Å². The smallest absolute Gasteiger partial charge is 0.243 e. The standard InChI is InChI=1S/C19H22N2O5S/c1-14-6-3-4-7-16(14)20-19(22)13-21(2)27(23,24)15-8-9-17-18(12-15)26-11-5-10-25-17/h3-4,6-9,12H,5,10-11,13H2,1-2H3,(H,20,22). The summed E-state index contributed by atoms with van der Waals surface area (Å²) in [5, 5.41) is 2.73. The van der Waals surface area contributed by atoms with E-state index in [9.17, 15) is 13.2 Å². The topological polar surface area (TPSA) is 84.9 Å². The Hall–Kier alpha value is -2.58. The molecule has 0 spiro atoms. The molecule has 1 N–H and O–H groups in total. The zero-order valence-corrected chi connectivity index (χ0v) is 16.1. The average Bonchev–Trinajstić information content (AvgIpc) is 2.88. The first-order valence-corrected chi connectivity index (χ1v) is 10.0. The normalized spacial score (nSPS) is 13.9. The van der Waals surface area contributed by atoms with Crippen LogP contribution in [0.5, 0.6) is 11.5 Å². The molecule has 0 aliphatic carbocycles. The van der Waals surface area contributed by atoms with Crippen molar-refractivity contribution < 1.29 is 22.7 Å². The minimum Gasteiger partial charge on any atom is -0.490 e. The van der Waals surface area contributed by atoms with Crippen molar-refractivity contribution in [1.29, 1.82) is 0 Å². The van der Waals surface area contributed by atoms with Crippen molar-refractivity contribution in [3.63, 3.8) is 0 Å². The maximum atomic E-state index is 12.8. The van der Waals surface area contributed by atoms with E-state index in [4.69, 9.17) is 9.47 Å². The number of sulfonamides is 1. The summed E-state index contributed by atoms with van der Waals surface area (Å²) < 4.78 is 37.7. The number of benzene rings is 2. The Labute approximate surface area is 158 Å². The minimum absolute atomic E-state index is 0.0536. The van der Waals surface area contributed by atoms with E-state index in [1.165, 1.54) is 19.2 Å². The van der Waals surface area contributed by atoms with E-state index in [0.717, 1.165) is 16.3 Å². The second-order valence-electron chi connectivity index (χ2n) is 6.28. The summed E-state index contributed by atoms with van der Waals surface area (Å²) in [6.45, 7) is 2.56. The number of likely N-dealkylation sites (N-methyl/N-ethyl adjacent to an activating group) is 1. The van der Waals surface area contributed by atoms with Gasteiger partial charge in [-0.3, -0.25) is 4.79 Å². The van der Waals surface area contributed by atoms with Crippen LogP contribution in [0.3, 0.4) is 0 Å². The zero-order valence-electron chi connectivity index (χ0n) is 15.3. The first kappa shape index (κ1) is 19.2. The number of hydrogen-bond acceptors (Lipinski definition) is 5. The highest BCUT2D eigenvalue weighted by molar-refractivity contribution is 7.89. The number of para-hydroxylation sites is 1. The van der Waals surface area contributed by atoms with Gasteiger partial charge in [-0.05, 0) is 30.7 Å². The lowest BCUT2D eigenvalue weighted by atomic mass is 10.2. The van der Waals surface area contributed by atoms with E-state index >= 15 is 0 Å². The SMILES string of the molecule is Cc1ccccc1NC(=O)CN(C)S(=O)(=O)c1ccc2c(c1)OCCCO2. The molecule has 27 heavy (non-hydrogen) atoms. The number of nitrogens with zero attached hydrogens (tertiary/aromatic N) is 1. The quantitative estimate of drug-likeness (QED) is 0.848. The molecule has 0 atom stereocenters. The molecule has 0 bridgehead atoms. The lowest BCUT2D eigenvalue weighted by Crippen LogP contribution is -2.35. The highest BCUT2D eigenvalue weighted by atomic mass is 32.2. The maximum absolute atomic E-state index is 12.8. The van der Waals surface area contributed by atoms with Gasteiger partial charge in [-0.25, -0.2) is 8.42 Å². The van der Waals surface area contributed by atoms with Crippen LogP contribution >= 0.6 is 0 Å². The Morgan fingerprint density at radius 1 is 1.11 bits per heavy atom. The molecular weight excluding hydrogens is 368 g/mol. The van der Waals surface area contributed by atoms with Gasteiger partial charge in [0.05, 0.1) is 24.7 Å². The van der Waals surface area contributed by atoms with Gasteiger partial charge >= 0.3 is 0 Å². The van der Waals surface area contributed by atoms with Gasteiger partial charge in [0.15, 0.2) is 11.5 Å². The Morgan fingerprint density at radius 2 is 1.81 bits per heavy atom. The molecule has 0 radical (unpaired) electrons. The predicted molar refractivity (Wildman–Crippen MR) is 102 cm³/mol. The zero-order chi connectivity index (χ0) is 19.4. The van der Waals surface area contributed by atoms with Crippen molar-refractivity contribution in [1.82, 2.24) is 4.31 Å². The molecule has 1 aliphatic heterocycles. The number of hydrogen-bond donors (Lipinski definition) is 1. The van der Waals surface area contributed by atoms with Crippen molar-refractivity contribution >= 4 is 21.6 Å². The van der Waals surface area contributed by atoms with Crippen LogP contribution in [0.4, 0.5) is 5.69 Å². The Balaban J connectivity index is 1.73. The van der Waals surface area contributed by atoms with Crippen molar-refractivity contribution in [3.8, 4) is 11.5 Å². The molecular formula is C19H22N2O5S. The molecule has 0 fully saturated rings. The second-order valence-corrected chi connectivity index (χ2v) is 8.33. The van der Waals surface area contributed by atoms with Gasteiger partial charge in [-0.1, -0.05) is 18.2 Å². The number of anilines is 1. The molecule has 2 aromatic carbocycles. The largest absolute Gasteiger partial charge is 0.490 e. The van der Waals surface area contributed by atoms with Crippen molar-refractivity contribution in [2.45, 2.75) is 18.2 Å². The van der Waals surface area contributed by atoms with E-state index in [0.29, 0.717) is 30.4 Å².